The summed E-state index contributed by atoms with van der Waals surface area (Å²) in [6.07, 6.45) is 12.7. The average Bonchev–Trinajstić information content (AvgIpc) is 3.58. The van der Waals surface area contributed by atoms with Gasteiger partial charge in [0.2, 0.25) is 10.0 Å². The predicted molar refractivity (Wildman–Crippen MR) is 136 cm³/mol. The minimum absolute atomic E-state index is 0.375. The maximum Gasteiger partial charge on any atom is 0.333 e. The van der Waals surface area contributed by atoms with Crippen LogP contribution >= 0.6 is 0 Å². The van der Waals surface area contributed by atoms with Crippen molar-refractivity contribution in [1.29, 1.82) is 0 Å². The number of nitrogens with one attached hydrogen (secondary N) is 2. The van der Waals surface area contributed by atoms with Crippen LogP contribution in [-0.2, 0) is 45.7 Å². The van der Waals surface area contributed by atoms with E-state index in [1.807, 2.05) is 0 Å². The molecule has 0 spiro atoms. The summed E-state index contributed by atoms with van der Waals surface area (Å²) >= 11 is 0. The summed E-state index contributed by atoms with van der Waals surface area (Å²) in [5.41, 5.74) is 5.55. The fourth-order valence-electron chi connectivity index (χ4n) is 6.29. The van der Waals surface area contributed by atoms with E-state index in [4.69, 9.17) is 0 Å². The second-order valence-electron chi connectivity index (χ2n) is 10.3. The molecule has 0 radical (unpaired) electrons. The summed E-state index contributed by atoms with van der Waals surface area (Å²) < 4.78 is 55.2. The van der Waals surface area contributed by atoms with Gasteiger partial charge in [0.25, 0.3) is 10.0 Å². The number of nitrogens with zero attached hydrogens (tertiary/aromatic N) is 1. The molecule has 2 fully saturated rings. The average molecular weight is 522 g/mol. The van der Waals surface area contributed by atoms with Crippen LogP contribution in [0.4, 0.5) is 10.5 Å². The van der Waals surface area contributed by atoms with Crippen LogP contribution in [0, 0.1) is 0 Å². The van der Waals surface area contributed by atoms with E-state index in [0.29, 0.717) is 32.2 Å². The number of urea groups is 1. The molecular formula is C25H35N3O5S2. The maximum atomic E-state index is 13.2. The Bertz CT molecular complexity index is 1200. The minimum atomic E-state index is -4.07. The van der Waals surface area contributed by atoms with Gasteiger partial charge in [-0.2, -0.15) is 4.31 Å². The van der Waals surface area contributed by atoms with Crippen molar-refractivity contribution in [3.63, 3.8) is 0 Å². The lowest BCUT2D eigenvalue weighted by Gasteiger charge is -2.29. The van der Waals surface area contributed by atoms with Crippen LogP contribution in [0.1, 0.15) is 80.0 Å². The first-order chi connectivity index (χ1) is 16.7. The van der Waals surface area contributed by atoms with Crippen LogP contribution in [0.15, 0.2) is 17.6 Å². The minimum Gasteiger partial charge on any atom is -0.307 e. The summed E-state index contributed by atoms with van der Waals surface area (Å²) in [6, 6.07) is 0.978. The molecular weight excluding hydrogens is 486 g/mol. The molecule has 0 aromatic heterocycles. The van der Waals surface area contributed by atoms with Gasteiger partial charge in [-0.05, 0) is 86.5 Å². The van der Waals surface area contributed by atoms with E-state index in [-0.39, 0.29) is 5.25 Å². The highest BCUT2D eigenvalue weighted by Crippen LogP contribution is 2.38. The molecule has 1 aromatic rings. The number of aryl methyl sites for hydroxylation is 2. The third-order valence-electron chi connectivity index (χ3n) is 7.97. The van der Waals surface area contributed by atoms with Crippen molar-refractivity contribution in [1.82, 2.24) is 9.03 Å². The Morgan fingerprint density at radius 3 is 2.17 bits per heavy atom. The lowest BCUT2D eigenvalue weighted by molar-refractivity contribution is 0.256. The molecule has 10 heteroatoms. The SMILES string of the molecule is O=C(Nc1c2c(cc3c1CCC3)CCC2)NS(=O)(=O)/C=C/[C@@H]1CCCN1S(=O)(=O)C1CCCCC1. The Hall–Kier alpha value is -1.91. The van der Waals surface area contributed by atoms with E-state index < -0.39 is 32.1 Å². The molecule has 2 N–H and O–H groups in total. The topological polar surface area (TPSA) is 113 Å². The van der Waals surface area contributed by atoms with E-state index >= 15 is 0 Å². The second-order valence-corrected chi connectivity index (χ2v) is 14.0. The largest absolute Gasteiger partial charge is 0.333 e. The highest BCUT2D eigenvalue weighted by atomic mass is 32.2. The van der Waals surface area contributed by atoms with Crippen molar-refractivity contribution in [2.45, 2.75) is 94.8 Å². The van der Waals surface area contributed by atoms with E-state index in [1.165, 1.54) is 21.5 Å². The summed E-state index contributed by atoms with van der Waals surface area (Å²) in [5.74, 6) is 0. The van der Waals surface area contributed by atoms with Gasteiger partial charge in [-0.1, -0.05) is 31.4 Å². The summed E-state index contributed by atoms with van der Waals surface area (Å²) in [5, 5.41) is 3.41. The molecule has 1 saturated heterocycles. The molecule has 192 valence electrons. The summed E-state index contributed by atoms with van der Waals surface area (Å²) in [7, 11) is -7.54. The van der Waals surface area contributed by atoms with Crippen molar-refractivity contribution in [3.8, 4) is 0 Å². The Balaban J connectivity index is 1.26. The van der Waals surface area contributed by atoms with Crippen LogP contribution in [0.2, 0.25) is 0 Å². The monoisotopic (exact) mass is 521 g/mol. The number of amides is 2. The first kappa shape index (κ1) is 24.8. The molecule has 0 bridgehead atoms. The number of hydrogen-bond donors (Lipinski definition) is 2. The van der Waals surface area contributed by atoms with Crippen LogP contribution in [-0.4, -0.2) is 45.0 Å². The molecule has 0 unspecified atom stereocenters. The number of benzene rings is 1. The Labute approximate surface area is 208 Å². The number of anilines is 1. The fourth-order valence-corrected chi connectivity index (χ4v) is 9.31. The fraction of sp³-hybridized carbons (Fsp3) is 0.640. The van der Waals surface area contributed by atoms with E-state index in [0.717, 1.165) is 80.0 Å². The first-order valence-electron chi connectivity index (χ1n) is 12.9. The normalized spacial score (nSPS) is 23.5. The Kier molecular flexibility index (Phi) is 6.98. The number of fused-ring (bicyclic) bond motifs is 2. The predicted octanol–water partition coefficient (Wildman–Crippen LogP) is 3.76. The molecule has 1 aromatic carbocycles. The van der Waals surface area contributed by atoms with E-state index in [1.54, 1.807) is 0 Å². The van der Waals surface area contributed by atoms with Crippen molar-refractivity contribution in [2.75, 3.05) is 11.9 Å². The van der Waals surface area contributed by atoms with Gasteiger partial charge < -0.3 is 5.32 Å². The van der Waals surface area contributed by atoms with Gasteiger partial charge in [-0.25, -0.2) is 26.4 Å². The van der Waals surface area contributed by atoms with E-state index in [2.05, 4.69) is 16.1 Å². The van der Waals surface area contributed by atoms with Gasteiger partial charge in [-0.15, -0.1) is 0 Å². The molecule has 1 heterocycles. The zero-order valence-corrected chi connectivity index (χ0v) is 21.7. The summed E-state index contributed by atoms with van der Waals surface area (Å²) in [4.78, 5) is 12.7. The number of sulfonamides is 2. The molecule has 5 rings (SSSR count). The molecule has 35 heavy (non-hydrogen) atoms. The lowest BCUT2D eigenvalue weighted by Crippen LogP contribution is -2.42. The van der Waals surface area contributed by atoms with Crippen LogP contribution < -0.4 is 10.0 Å². The van der Waals surface area contributed by atoms with Gasteiger partial charge >= 0.3 is 6.03 Å². The van der Waals surface area contributed by atoms with Crippen molar-refractivity contribution >= 4 is 31.8 Å². The quantitative estimate of drug-likeness (QED) is 0.592. The van der Waals surface area contributed by atoms with Gasteiger partial charge in [0.15, 0.2) is 0 Å². The zero-order chi connectivity index (χ0) is 24.6. The number of carbonyl (C=O) groups is 1. The Morgan fingerprint density at radius 2 is 1.51 bits per heavy atom. The van der Waals surface area contributed by atoms with Gasteiger partial charge in [0.1, 0.15) is 0 Å². The number of hydrogen-bond acceptors (Lipinski definition) is 5. The van der Waals surface area contributed by atoms with Crippen molar-refractivity contribution in [3.05, 3.63) is 39.8 Å². The molecule has 4 aliphatic rings. The highest BCUT2D eigenvalue weighted by Gasteiger charge is 2.38. The first-order valence-corrected chi connectivity index (χ1v) is 16.0. The molecule has 1 aliphatic heterocycles. The molecule has 3 aliphatic carbocycles. The molecule has 1 saturated carbocycles. The van der Waals surface area contributed by atoms with Gasteiger partial charge in [-0.3, -0.25) is 0 Å². The molecule has 8 nitrogen and oxygen atoms in total. The van der Waals surface area contributed by atoms with Crippen molar-refractivity contribution in [2.24, 2.45) is 0 Å². The second kappa shape index (κ2) is 9.86. The molecule has 2 amide bonds. The number of carbonyl (C=O) groups excluding carboxylic acids is 1. The smallest absolute Gasteiger partial charge is 0.307 e. The van der Waals surface area contributed by atoms with Gasteiger partial charge in [0, 0.05) is 23.7 Å². The third-order valence-corrected chi connectivity index (χ3v) is 11.4. The summed E-state index contributed by atoms with van der Waals surface area (Å²) in [6.45, 7) is 0.409. The maximum absolute atomic E-state index is 13.2. The highest BCUT2D eigenvalue weighted by molar-refractivity contribution is 7.93. The number of rotatable bonds is 6. The van der Waals surface area contributed by atoms with Gasteiger partial charge in [0.05, 0.1) is 5.25 Å². The van der Waals surface area contributed by atoms with Crippen LogP contribution in [0.5, 0.6) is 0 Å². The molecule has 1 atom stereocenters. The van der Waals surface area contributed by atoms with Crippen LogP contribution in [0.25, 0.3) is 0 Å². The zero-order valence-electron chi connectivity index (χ0n) is 20.1. The van der Waals surface area contributed by atoms with Crippen molar-refractivity contribution < 1.29 is 21.6 Å². The van der Waals surface area contributed by atoms with E-state index in [9.17, 15) is 21.6 Å². The standard InChI is InChI=1S/C25H35N3O5S2/c29-25(26-24-22-12-4-7-18(22)17-19-8-5-13-23(19)24)27-34(30,31)16-14-20-9-6-15-28(20)35(32,33)21-10-2-1-3-11-21/h14,16-17,20-21H,1-13,15H2,(H2,26,27,29)/b16-14+/t20-/m0/s1. The Morgan fingerprint density at radius 1 is 0.857 bits per heavy atom. The third kappa shape index (κ3) is 5.15. The van der Waals surface area contributed by atoms with Crippen LogP contribution in [0.3, 0.4) is 0 Å². The lowest BCUT2D eigenvalue weighted by atomic mass is 9.99.